The Bertz CT molecular complexity index is 212. The summed E-state index contributed by atoms with van der Waals surface area (Å²) in [5.41, 5.74) is 0. The standard InChI is InChI=1S/C13H26N2S/c1-4-8-11(2)15(3)13(16)14-12-9-6-5-7-10-12/h11-12H,4-10H2,1-3H3,(H,14,16). The average Bonchev–Trinajstić information content (AvgIpc) is 2.29. The predicted molar refractivity (Wildman–Crippen MR) is 74.7 cm³/mol. The van der Waals surface area contributed by atoms with Crippen LogP contribution in [0.5, 0.6) is 0 Å². The number of hydrogen-bond donors (Lipinski definition) is 1. The summed E-state index contributed by atoms with van der Waals surface area (Å²) < 4.78 is 0. The number of thiocarbonyl (C=S) groups is 1. The summed E-state index contributed by atoms with van der Waals surface area (Å²) in [7, 11) is 2.11. The molecule has 3 heteroatoms. The molecule has 1 unspecified atom stereocenters. The molecule has 1 aliphatic carbocycles. The molecule has 0 heterocycles. The summed E-state index contributed by atoms with van der Waals surface area (Å²) >= 11 is 5.46. The van der Waals surface area contributed by atoms with Gasteiger partial charge in [0.1, 0.15) is 0 Å². The lowest BCUT2D eigenvalue weighted by Gasteiger charge is -2.31. The van der Waals surface area contributed by atoms with E-state index in [1.165, 1.54) is 44.9 Å². The third-order valence-electron chi connectivity index (χ3n) is 3.62. The van der Waals surface area contributed by atoms with Crippen LogP contribution in [0.15, 0.2) is 0 Å². The van der Waals surface area contributed by atoms with E-state index in [1.807, 2.05) is 0 Å². The molecule has 0 aromatic heterocycles. The van der Waals surface area contributed by atoms with E-state index in [0.29, 0.717) is 12.1 Å². The summed E-state index contributed by atoms with van der Waals surface area (Å²) in [5, 5.41) is 4.45. The Labute approximate surface area is 106 Å². The summed E-state index contributed by atoms with van der Waals surface area (Å²) in [5.74, 6) is 0. The van der Waals surface area contributed by atoms with Crippen LogP contribution in [0.4, 0.5) is 0 Å². The zero-order chi connectivity index (χ0) is 12.0. The largest absolute Gasteiger partial charge is 0.360 e. The Balaban J connectivity index is 2.32. The minimum absolute atomic E-state index is 0.550. The molecule has 1 fully saturated rings. The summed E-state index contributed by atoms with van der Waals surface area (Å²) in [4.78, 5) is 2.22. The first-order chi connectivity index (χ1) is 7.65. The second-order valence-electron chi connectivity index (χ2n) is 5.03. The van der Waals surface area contributed by atoms with E-state index >= 15 is 0 Å². The summed E-state index contributed by atoms with van der Waals surface area (Å²) in [6.07, 6.45) is 9.11. The molecule has 1 rings (SSSR count). The van der Waals surface area contributed by atoms with Crippen LogP contribution < -0.4 is 5.32 Å². The van der Waals surface area contributed by atoms with Gasteiger partial charge in [-0.25, -0.2) is 0 Å². The molecular formula is C13H26N2S. The van der Waals surface area contributed by atoms with Crippen molar-refractivity contribution < 1.29 is 0 Å². The molecule has 0 bridgehead atoms. The average molecular weight is 242 g/mol. The maximum Gasteiger partial charge on any atom is 0.169 e. The zero-order valence-corrected chi connectivity index (χ0v) is 11.8. The number of nitrogens with one attached hydrogen (secondary N) is 1. The molecule has 1 saturated carbocycles. The molecule has 0 saturated heterocycles. The lowest BCUT2D eigenvalue weighted by Crippen LogP contribution is -2.46. The molecule has 0 radical (unpaired) electrons. The van der Waals surface area contributed by atoms with Crippen molar-refractivity contribution in [2.75, 3.05) is 7.05 Å². The van der Waals surface area contributed by atoms with Crippen LogP contribution in [-0.4, -0.2) is 29.1 Å². The SMILES string of the molecule is CCCC(C)N(C)C(=S)NC1CCCCC1. The third kappa shape index (κ3) is 4.28. The molecule has 0 aromatic carbocycles. The Hall–Kier alpha value is -0.310. The van der Waals surface area contributed by atoms with Gasteiger partial charge < -0.3 is 10.2 Å². The number of rotatable bonds is 4. The van der Waals surface area contributed by atoms with Crippen molar-refractivity contribution >= 4 is 17.3 Å². The Kier molecular flexibility index (Phi) is 6.10. The number of hydrogen-bond acceptors (Lipinski definition) is 1. The molecule has 1 aliphatic rings. The van der Waals surface area contributed by atoms with Gasteiger partial charge in [-0.1, -0.05) is 32.6 Å². The van der Waals surface area contributed by atoms with Gasteiger partial charge in [-0.3, -0.25) is 0 Å². The van der Waals surface area contributed by atoms with Crippen LogP contribution in [0, 0.1) is 0 Å². The lowest BCUT2D eigenvalue weighted by molar-refractivity contribution is 0.342. The van der Waals surface area contributed by atoms with Crippen LogP contribution in [0.2, 0.25) is 0 Å². The van der Waals surface area contributed by atoms with E-state index in [4.69, 9.17) is 12.2 Å². The van der Waals surface area contributed by atoms with E-state index in [-0.39, 0.29) is 0 Å². The summed E-state index contributed by atoms with van der Waals surface area (Å²) in [6, 6.07) is 1.17. The molecule has 0 amide bonds. The molecule has 0 aliphatic heterocycles. The van der Waals surface area contributed by atoms with Crippen molar-refractivity contribution in [2.24, 2.45) is 0 Å². The minimum atomic E-state index is 0.550. The fourth-order valence-electron chi connectivity index (χ4n) is 2.33. The molecule has 16 heavy (non-hydrogen) atoms. The molecule has 0 spiro atoms. The van der Waals surface area contributed by atoms with Crippen molar-refractivity contribution in [1.29, 1.82) is 0 Å². The zero-order valence-electron chi connectivity index (χ0n) is 11.0. The van der Waals surface area contributed by atoms with Crippen molar-refractivity contribution in [2.45, 2.75) is 70.9 Å². The van der Waals surface area contributed by atoms with Gasteiger partial charge in [0.25, 0.3) is 0 Å². The van der Waals surface area contributed by atoms with Crippen LogP contribution in [0.1, 0.15) is 58.8 Å². The smallest absolute Gasteiger partial charge is 0.169 e. The Morgan fingerprint density at radius 3 is 2.56 bits per heavy atom. The van der Waals surface area contributed by atoms with Crippen LogP contribution in [-0.2, 0) is 0 Å². The molecule has 2 nitrogen and oxygen atoms in total. The van der Waals surface area contributed by atoms with Gasteiger partial charge in [0.2, 0.25) is 0 Å². The predicted octanol–water partition coefficient (Wildman–Crippen LogP) is 3.31. The van der Waals surface area contributed by atoms with E-state index < -0.39 is 0 Å². The van der Waals surface area contributed by atoms with Gasteiger partial charge in [-0.05, 0) is 38.4 Å². The minimum Gasteiger partial charge on any atom is -0.360 e. The van der Waals surface area contributed by atoms with Crippen molar-refractivity contribution in [3.05, 3.63) is 0 Å². The molecule has 1 atom stereocenters. The van der Waals surface area contributed by atoms with Gasteiger partial charge in [-0.15, -0.1) is 0 Å². The molecular weight excluding hydrogens is 216 g/mol. The van der Waals surface area contributed by atoms with Crippen LogP contribution in [0.25, 0.3) is 0 Å². The quantitative estimate of drug-likeness (QED) is 0.761. The Morgan fingerprint density at radius 2 is 2.00 bits per heavy atom. The van der Waals surface area contributed by atoms with Gasteiger partial charge in [0, 0.05) is 19.1 Å². The maximum atomic E-state index is 5.46. The van der Waals surface area contributed by atoms with Crippen molar-refractivity contribution in [1.82, 2.24) is 10.2 Å². The molecule has 94 valence electrons. The second-order valence-corrected chi connectivity index (χ2v) is 5.42. The van der Waals surface area contributed by atoms with Gasteiger partial charge in [0.05, 0.1) is 0 Å². The van der Waals surface area contributed by atoms with Crippen molar-refractivity contribution in [3.63, 3.8) is 0 Å². The maximum absolute atomic E-state index is 5.46. The highest BCUT2D eigenvalue weighted by molar-refractivity contribution is 7.80. The highest BCUT2D eigenvalue weighted by Crippen LogP contribution is 2.17. The first kappa shape index (κ1) is 13.8. The lowest BCUT2D eigenvalue weighted by atomic mass is 9.96. The van der Waals surface area contributed by atoms with Gasteiger partial charge >= 0.3 is 0 Å². The first-order valence-corrected chi connectivity index (χ1v) is 7.09. The summed E-state index contributed by atoms with van der Waals surface area (Å²) in [6.45, 7) is 4.47. The van der Waals surface area contributed by atoms with E-state index in [2.05, 4.69) is 31.1 Å². The second kappa shape index (κ2) is 7.10. The van der Waals surface area contributed by atoms with Crippen LogP contribution in [0.3, 0.4) is 0 Å². The van der Waals surface area contributed by atoms with E-state index in [9.17, 15) is 0 Å². The normalized spacial score (nSPS) is 19.2. The molecule has 1 N–H and O–H groups in total. The topological polar surface area (TPSA) is 15.3 Å². The van der Waals surface area contributed by atoms with Crippen LogP contribution >= 0.6 is 12.2 Å². The monoisotopic (exact) mass is 242 g/mol. The van der Waals surface area contributed by atoms with E-state index in [0.717, 1.165) is 5.11 Å². The fraction of sp³-hybridized carbons (Fsp3) is 0.923. The Morgan fingerprint density at radius 1 is 1.38 bits per heavy atom. The number of nitrogens with zero attached hydrogens (tertiary/aromatic N) is 1. The van der Waals surface area contributed by atoms with Gasteiger partial charge in [0.15, 0.2) is 5.11 Å². The van der Waals surface area contributed by atoms with Crippen molar-refractivity contribution in [3.8, 4) is 0 Å². The molecule has 0 aromatic rings. The fourth-order valence-corrected chi connectivity index (χ4v) is 2.68. The third-order valence-corrected chi connectivity index (χ3v) is 4.03. The highest BCUT2D eigenvalue weighted by Gasteiger charge is 2.17. The highest BCUT2D eigenvalue weighted by atomic mass is 32.1. The van der Waals surface area contributed by atoms with E-state index in [1.54, 1.807) is 0 Å². The van der Waals surface area contributed by atoms with Gasteiger partial charge in [-0.2, -0.15) is 0 Å². The first-order valence-electron chi connectivity index (χ1n) is 6.68.